The highest BCUT2D eigenvalue weighted by Gasteiger charge is 2.09. The van der Waals surface area contributed by atoms with Crippen molar-refractivity contribution in [3.05, 3.63) is 54.1 Å². The zero-order chi connectivity index (χ0) is 17.5. The number of amides is 1. The summed E-state index contributed by atoms with van der Waals surface area (Å²) in [6.07, 6.45) is 0.299. The summed E-state index contributed by atoms with van der Waals surface area (Å²) >= 11 is 1.44. The van der Waals surface area contributed by atoms with Gasteiger partial charge in [0.15, 0.2) is 5.13 Å². The van der Waals surface area contributed by atoms with E-state index in [-0.39, 0.29) is 5.91 Å². The Balaban J connectivity index is 1.48. The van der Waals surface area contributed by atoms with Crippen molar-refractivity contribution >= 4 is 32.6 Å². The lowest BCUT2D eigenvalue weighted by molar-refractivity contribution is -0.117. The minimum absolute atomic E-state index is 0.0999. The predicted molar refractivity (Wildman–Crippen MR) is 100 cm³/mol. The van der Waals surface area contributed by atoms with Crippen LogP contribution in [0.2, 0.25) is 0 Å². The lowest BCUT2D eigenvalue weighted by atomic mass is 10.2. The number of hydrogen-bond acceptors (Lipinski definition) is 5. The maximum Gasteiger partial charge on any atom is 0.228 e. The number of fused-ring (bicyclic) bond motifs is 1. The molecule has 0 radical (unpaired) electrons. The third-order valence-electron chi connectivity index (χ3n) is 3.50. The molecule has 3 aromatic rings. The minimum Gasteiger partial charge on any atom is -0.494 e. The molecule has 6 heteroatoms. The van der Waals surface area contributed by atoms with Crippen molar-refractivity contribution in [2.24, 2.45) is 0 Å². The maximum absolute atomic E-state index is 12.0. The standard InChI is InChI=1S/C19H20N2O3S/c1-2-24-15-8-9-16-17(12-15)25-19(20-16)21-18(22)10-11-23-13-14-6-4-3-5-7-14/h3-9,12H,2,10-11,13H2,1H3,(H,20,21,22). The number of carbonyl (C=O) groups is 1. The molecule has 0 saturated heterocycles. The highest BCUT2D eigenvalue weighted by molar-refractivity contribution is 7.22. The van der Waals surface area contributed by atoms with Gasteiger partial charge in [0.25, 0.3) is 0 Å². The van der Waals surface area contributed by atoms with E-state index in [1.807, 2.05) is 55.5 Å². The fraction of sp³-hybridized carbons (Fsp3) is 0.263. The second-order valence-corrected chi connectivity index (χ2v) is 6.45. The maximum atomic E-state index is 12.0. The van der Waals surface area contributed by atoms with Crippen molar-refractivity contribution in [3.8, 4) is 5.75 Å². The van der Waals surface area contributed by atoms with Crippen molar-refractivity contribution < 1.29 is 14.3 Å². The second kappa shape index (κ2) is 8.60. The lowest BCUT2D eigenvalue weighted by Gasteiger charge is -2.04. The second-order valence-electron chi connectivity index (χ2n) is 5.42. The topological polar surface area (TPSA) is 60.5 Å². The third-order valence-corrected chi connectivity index (χ3v) is 4.44. The van der Waals surface area contributed by atoms with E-state index < -0.39 is 0 Å². The first kappa shape index (κ1) is 17.4. The number of hydrogen-bond donors (Lipinski definition) is 1. The molecular formula is C19H20N2O3S. The zero-order valence-electron chi connectivity index (χ0n) is 14.0. The molecule has 25 heavy (non-hydrogen) atoms. The van der Waals surface area contributed by atoms with Crippen LogP contribution in [0.25, 0.3) is 10.2 Å². The first-order valence-electron chi connectivity index (χ1n) is 8.19. The molecule has 1 N–H and O–H groups in total. The number of nitrogens with zero attached hydrogens (tertiary/aromatic N) is 1. The summed E-state index contributed by atoms with van der Waals surface area (Å²) in [6.45, 7) is 3.45. The van der Waals surface area contributed by atoms with Crippen LogP contribution < -0.4 is 10.1 Å². The summed E-state index contributed by atoms with van der Waals surface area (Å²) in [5.74, 6) is 0.711. The van der Waals surface area contributed by atoms with Crippen LogP contribution in [0.1, 0.15) is 18.9 Å². The molecule has 1 aromatic heterocycles. The molecule has 0 aliphatic carbocycles. The summed E-state index contributed by atoms with van der Waals surface area (Å²) in [6, 6.07) is 15.6. The molecule has 0 aliphatic rings. The van der Waals surface area contributed by atoms with Gasteiger partial charge in [-0.05, 0) is 30.7 Å². The first-order chi connectivity index (χ1) is 12.2. The Hall–Kier alpha value is -2.44. The Labute approximate surface area is 150 Å². The molecule has 0 bridgehead atoms. The third kappa shape index (κ3) is 5.01. The normalized spacial score (nSPS) is 10.8. The van der Waals surface area contributed by atoms with Crippen molar-refractivity contribution in [2.75, 3.05) is 18.5 Å². The Morgan fingerprint density at radius 1 is 1.20 bits per heavy atom. The summed E-state index contributed by atoms with van der Waals surface area (Å²) in [5, 5.41) is 3.42. The van der Waals surface area contributed by atoms with E-state index in [0.717, 1.165) is 21.5 Å². The number of rotatable bonds is 8. The van der Waals surface area contributed by atoms with Gasteiger partial charge in [-0.25, -0.2) is 4.98 Å². The van der Waals surface area contributed by atoms with E-state index >= 15 is 0 Å². The highest BCUT2D eigenvalue weighted by atomic mass is 32.1. The zero-order valence-corrected chi connectivity index (χ0v) is 14.8. The van der Waals surface area contributed by atoms with Gasteiger partial charge < -0.3 is 14.8 Å². The monoisotopic (exact) mass is 356 g/mol. The van der Waals surface area contributed by atoms with Gasteiger partial charge in [-0.2, -0.15) is 0 Å². The van der Waals surface area contributed by atoms with Crippen LogP contribution in [0.4, 0.5) is 5.13 Å². The molecule has 2 aromatic carbocycles. The number of benzene rings is 2. The number of ether oxygens (including phenoxy) is 2. The van der Waals surface area contributed by atoms with E-state index in [1.165, 1.54) is 11.3 Å². The molecule has 1 heterocycles. The number of nitrogens with one attached hydrogen (secondary N) is 1. The van der Waals surface area contributed by atoms with Crippen LogP contribution in [-0.2, 0) is 16.1 Å². The average Bonchev–Trinajstić information content (AvgIpc) is 3.01. The van der Waals surface area contributed by atoms with Gasteiger partial charge in [-0.3, -0.25) is 4.79 Å². The molecule has 3 rings (SSSR count). The Morgan fingerprint density at radius 3 is 2.84 bits per heavy atom. The molecule has 5 nitrogen and oxygen atoms in total. The molecule has 0 atom stereocenters. The van der Waals surface area contributed by atoms with Crippen molar-refractivity contribution in [3.63, 3.8) is 0 Å². The van der Waals surface area contributed by atoms with Crippen LogP contribution >= 0.6 is 11.3 Å². The Bertz CT molecular complexity index is 833. The molecule has 130 valence electrons. The number of aromatic nitrogens is 1. The summed E-state index contributed by atoms with van der Waals surface area (Å²) in [7, 11) is 0. The van der Waals surface area contributed by atoms with Crippen molar-refractivity contribution in [2.45, 2.75) is 20.0 Å². The number of thiazole rings is 1. The highest BCUT2D eigenvalue weighted by Crippen LogP contribution is 2.29. The number of anilines is 1. The number of carbonyl (C=O) groups excluding carboxylic acids is 1. The van der Waals surface area contributed by atoms with Crippen LogP contribution in [0.15, 0.2) is 48.5 Å². The van der Waals surface area contributed by atoms with E-state index in [2.05, 4.69) is 10.3 Å². The minimum atomic E-state index is -0.0999. The molecule has 0 unspecified atom stereocenters. The molecule has 0 spiro atoms. The molecule has 1 amide bonds. The van der Waals surface area contributed by atoms with Gasteiger partial charge in [0.2, 0.25) is 5.91 Å². The SMILES string of the molecule is CCOc1ccc2nc(NC(=O)CCOCc3ccccc3)sc2c1. The van der Waals surface area contributed by atoms with Crippen molar-refractivity contribution in [1.82, 2.24) is 4.98 Å². The van der Waals surface area contributed by atoms with E-state index in [4.69, 9.17) is 9.47 Å². The molecule has 0 fully saturated rings. The van der Waals surface area contributed by atoms with Gasteiger partial charge in [0.05, 0.1) is 36.5 Å². The summed E-state index contributed by atoms with van der Waals surface area (Å²) < 4.78 is 12.0. The fourth-order valence-corrected chi connectivity index (χ4v) is 3.24. The Morgan fingerprint density at radius 2 is 2.04 bits per heavy atom. The fourth-order valence-electron chi connectivity index (χ4n) is 2.33. The van der Waals surface area contributed by atoms with Crippen LogP contribution in [-0.4, -0.2) is 24.1 Å². The van der Waals surface area contributed by atoms with Gasteiger partial charge >= 0.3 is 0 Å². The molecular weight excluding hydrogens is 336 g/mol. The summed E-state index contributed by atoms with van der Waals surface area (Å²) in [5.41, 5.74) is 1.95. The largest absolute Gasteiger partial charge is 0.494 e. The smallest absolute Gasteiger partial charge is 0.228 e. The van der Waals surface area contributed by atoms with E-state index in [9.17, 15) is 4.79 Å². The van der Waals surface area contributed by atoms with Gasteiger partial charge in [-0.1, -0.05) is 41.7 Å². The van der Waals surface area contributed by atoms with Gasteiger partial charge in [0, 0.05) is 0 Å². The quantitative estimate of drug-likeness (QED) is 0.613. The summed E-state index contributed by atoms with van der Waals surface area (Å²) in [4.78, 5) is 16.4. The lowest BCUT2D eigenvalue weighted by Crippen LogP contribution is -2.13. The van der Waals surface area contributed by atoms with Gasteiger partial charge in [-0.15, -0.1) is 0 Å². The van der Waals surface area contributed by atoms with Crippen LogP contribution in [0.5, 0.6) is 5.75 Å². The van der Waals surface area contributed by atoms with E-state index in [0.29, 0.717) is 31.4 Å². The Kier molecular flexibility index (Phi) is 5.98. The van der Waals surface area contributed by atoms with E-state index in [1.54, 1.807) is 0 Å². The van der Waals surface area contributed by atoms with Gasteiger partial charge in [0.1, 0.15) is 5.75 Å². The predicted octanol–water partition coefficient (Wildman–Crippen LogP) is 4.24. The molecule has 0 aliphatic heterocycles. The average molecular weight is 356 g/mol. The van der Waals surface area contributed by atoms with Crippen LogP contribution in [0.3, 0.4) is 0 Å². The first-order valence-corrected chi connectivity index (χ1v) is 9.01. The van der Waals surface area contributed by atoms with Crippen molar-refractivity contribution in [1.29, 1.82) is 0 Å². The molecule has 0 saturated carbocycles. The van der Waals surface area contributed by atoms with Crippen LogP contribution in [0, 0.1) is 0 Å².